The lowest BCUT2D eigenvalue weighted by Crippen LogP contribution is -2.52. The highest BCUT2D eigenvalue weighted by molar-refractivity contribution is 7.09. The summed E-state index contributed by atoms with van der Waals surface area (Å²) in [5.74, 6) is 0.241. The highest BCUT2D eigenvalue weighted by Gasteiger charge is 2.33. The molecule has 1 N–H and O–H groups in total. The van der Waals surface area contributed by atoms with Gasteiger partial charge in [0.1, 0.15) is 0 Å². The number of hydrogen-bond donors (Lipinski definition) is 1. The van der Waals surface area contributed by atoms with Crippen LogP contribution in [-0.4, -0.2) is 67.7 Å². The Bertz CT molecular complexity index is 457. The molecule has 1 aromatic rings. The smallest absolute Gasteiger partial charge is 0.239 e. The molecule has 2 aliphatic rings. The van der Waals surface area contributed by atoms with Crippen molar-refractivity contribution >= 4 is 17.2 Å². The van der Waals surface area contributed by atoms with Crippen molar-refractivity contribution in [3.05, 3.63) is 22.4 Å². The summed E-state index contributed by atoms with van der Waals surface area (Å²) in [5.41, 5.74) is 0. The number of carbonyl (C=O) groups excluding carboxylic acids is 1. The summed E-state index contributed by atoms with van der Waals surface area (Å²) < 4.78 is 5.31. The van der Waals surface area contributed by atoms with Crippen LogP contribution in [0, 0.1) is 0 Å². The summed E-state index contributed by atoms with van der Waals surface area (Å²) >= 11 is 1.80. The van der Waals surface area contributed by atoms with Crippen molar-refractivity contribution in [3.8, 4) is 0 Å². The Morgan fingerprint density at radius 2 is 2.24 bits per heavy atom. The van der Waals surface area contributed by atoms with Crippen LogP contribution in [0.25, 0.3) is 0 Å². The zero-order valence-corrected chi connectivity index (χ0v) is 13.3. The molecule has 6 heteroatoms. The lowest BCUT2D eigenvalue weighted by Gasteiger charge is -2.35. The Morgan fingerprint density at radius 3 is 2.86 bits per heavy atom. The van der Waals surface area contributed by atoms with Crippen LogP contribution in [0.4, 0.5) is 0 Å². The molecule has 2 fully saturated rings. The van der Waals surface area contributed by atoms with E-state index in [1.54, 1.807) is 18.4 Å². The van der Waals surface area contributed by atoms with Gasteiger partial charge in [-0.2, -0.15) is 0 Å². The Hall–Kier alpha value is -0.950. The molecule has 3 rings (SSSR count). The second-order valence-electron chi connectivity index (χ2n) is 5.74. The number of hydrogen-bond acceptors (Lipinski definition) is 5. The lowest BCUT2D eigenvalue weighted by molar-refractivity contribution is -0.135. The monoisotopic (exact) mass is 309 g/mol. The number of nitrogens with one attached hydrogen (secondary N) is 1. The molecule has 1 amide bonds. The van der Waals surface area contributed by atoms with E-state index >= 15 is 0 Å². The number of ether oxygens (including phenoxy) is 1. The molecule has 0 saturated carbocycles. The third-order valence-electron chi connectivity index (χ3n) is 4.37. The van der Waals surface area contributed by atoms with Crippen LogP contribution in [0.5, 0.6) is 0 Å². The van der Waals surface area contributed by atoms with Gasteiger partial charge in [0.15, 0.2) is 0 Å². The fourth-order valence-electron chi connectivity index (χ4n) is 3.04. The second-order valence-corrected chi connectivity index (χ2v) is 6.77. The van der Waals surface area contributed by atoms with Gasteiger partial charge in [-0.15, -0.1) is 11.3 Å². The van der Waals surface area contributed by atoms with Gasteiger partial charge in [-0.25, -0.2) is 0 Å². The second kappa shape index (κ2) is 6.87. The lowest BCUT2D eigenvalue weighted by atomic mass is 10.1. The number of rotatable bonds is 4. The van der Waals surface area contributed by atoms with Crippen LogP contribution in [0.1, 0.15) is 11.3 Å². The fourth-order valence-corrected chi connectivity index (χ4v) is 3.79. The predicted octanol–water partition coefficient (Wildman–Crippen LogP) is 0.769. The van der Waals surface area contributed by atoms with Crippen molar-refractivity contribution in [3.63, 3.8) is 0 Å². The summed E-state index contributed by atoms with van der Waals surface area (Å²) in [6.45, 7) is 5.38. The van der Waals surface area contributed by atoms with Crippen molar-refractivity contribution in [2.24, 2.45) is 0 Å². The van der Waals surface area contributed by atoms with Crippen molar-refractivity contribution in [1.29, 1.82) is 0 Å². The number of amides is 1. The van der Waals surface area contributed by atoms with Gasteiger partial charge < -0.3 is 15.0 Å². The molecule has 2 atom stereocenters. The molecule has 0 radical (unpaired) electrons. The Labute approximate surface area is 129 Å². The molecule has 2 aliphatic heterocycles. The number of carbonyl (C=O) groups is 1. The summed E-state index contributed by atoms with van der Waals surface area (Å²) in [7, 11) is 1.71. The average Bonchev–Trinajstić information content (AvgIpc) is 3.18. The van der Waals surface area contributed by atoms with E-state index in [0.29, 0.717) is 0 Å². The van der Waals surface area contributed by atoms with Crippen molar-refractivity contribution < 1.29 is 9.53 Å². The first kappa shape index (κ1) is 15.0. The maximum absolute atomic E-state index is 12.5. The standard InChI is InChI=1S/C15H23N3O2S/c1-20-12-9-14(16-10-12)15(19)18-6-4-17(5-7-18)11-13-3-2-8-21-13/h2-3,8,12,14,16H,4-7,9-11H2,1H3. The zero-order valence-electron chi connectivity index (χ0n) is 12.5. The van der Waals surface area contributed by atoms with E-state index in [0.717, 1.165) is 45.7 Å². The summed E-state index contributed by atoms with van der Waals surface area (Å²) in [4.78, 5) is 18.3. The highest BCUT2D eigenvalue weighted by Crippen LogP contribution is 2.16. The topological polar surface area (TPSA) is 44.8 Å². The maximum Gasteiger partial charge on any atom is 0.239 e. The van der Waals surface area contributed by atoms with Gasteiger partial charge in [-0.05, 0) is 17.9 Å². The third-order valence-corrected chi connectivity index (χ3v) is 5.23. The van der Waals surface area contributed by atoms with Crippen LogP contribution < -0.4 is 5.32 Å². The predicted molar refractivity (Wildman–Crippen MR) is 83.4 cm³/mol. The van der Waals surface area contributed by atoms with Crippen LogP contribution in [0.15, 0.2) is 17.5 Å². The zero-order chi connectivity index (χ0) is 14.7. The van der Waals surface area contributed by atoms with E-state index in [4.69, 9.17) is 4.74 Å². The molecule has 5 nitrogen and oxygen atoms in total. The largest absolute Gasteiger partial charge is 0.380 e. The molecule has 3 heterocycles. The van der Waals surface area contributed by atoms with E-state index < -0.39 is 0 Å². The first-order valence-corrected chi connectivity index (χ1v) is 8.44. The van der Waals surface area contributed by atoms with E-state index in [2.05, 4.69) is 27.7 Å². The Balaban J connectivity index is 1.46. The van der Waals surface area contributed by atoms with E-state index in [1.165, 1.54) is 4.88 Å². The van der Waals surface area contributed by atoms with E-state index in [9.17, 15) is 4.79 Å². The molecule has 0 bridgehead atoms. The van der Waals surface area contributed by atoms with Crippen LogP contribution in [-0.2, 0) is 16.1 Å². The minimum atomic E-state index is -0.0567. The minimum Gasteiger partial charge on any atom is -0.380 e. The molecule has 0 aromatic carbocycles. The van der Waals surface area contributed by atoms with Gasteiger partial charge in [0.2, 0.25) is 5.91 Å². The molecular weight excluding hydrogens is 286 g/mol. The van der Waals surface area contributed by atoms with Gasteiger partial charge in [0.25, 0.3) is 0 Å². The fraction of sp³-hybridized carbons (Fsp3) is 0.667. The minimum absolute atomic E-state index is 0.0567. The normalized spacial score (nSPS) is 27.2. The van der Waals surface area contributed by atoms with Crippen molar-refractivity contribution in [2.75, 3.05) is 39.8 Å². The Kier molecular flexibility index (Phi) is 4.90. The molecule has 0 spiro atoms. The average molecular weight is 309 g/mol. The number of methoxy groups -OCH3 is 1. The first-order valence-electron chi connectivity index (χ1n) is 7.56. The van der Waals surface area contributed by atoms with Gasteiger partial charge in [-0.3, -0.25) is 9.69 Å². The van der Waals surface area contributed by atoms with Crippen LogP contribution >= 0.6 is 11.3 Å². The molecule has 1 aromatic heterocycles. The van der Waals surface area contributed by atoms with Crippen molar-refractivity contribution in [1.82, 2.24) is 15.1 Å². The SMILES string of the molecule is COC1CNC(C(=O)N2CCN(Cc3cccs3)CC2)C1. The number of thiophene rings is 1. The van der Waals surface area contributed by atoms with Gasteiger partial charge in [-0.1, -0.05) is 6.07 Å². The van der Waals surface area contributed by atoms with Gasteiger partial charge >= 0.3 is 0 Å². The molecule has 2 unspecified atom stereocenters. The molecular formula is C15H23N3O2S. The molecule has 2 saturated heterocycles. The molecule has 0 aliphatic carbocycles. The first-order chi connectivity index (χ1) is 10.3. The quantitative estimate of drug-likeness (QED) is 0.892. The van der Waals surface area contributed by atoms with Crippen LogP contribution in [0.2, 0.25) is 0 Å². The summed E-state index contributed by atoms with van der Waals surface area (Å²) in [6.07, 6.45) is 0.976. The molecule has 21 heavy (non-hydrogen) atoms. The Morgan fingerprint density at radius 1 is 1.43 bits per heavy atom. The molecule has 116 valence electrons. The highest BCUT2D eigenvalue weighted by atomic mass is 32.1. The third kappa shape index (κ3) is 3.63. The van der Waals surface area contributed by atoms with Gasteiger partial charge in [0, 0.05) is 51.3 Å². The number of piperazine rings is 1. The number of nitrogens with zero attached hydrogens (tertiary/aromatic N) is 2. The van der Waals surface area contributed by atoms with Gasteiger partial charge in [0.05, 0.1) is 12.1 Å². The maximum atomic E-state index is 12.5. The van der Waals surface area contributed by atoms with Crippen LogP contribution in [0.3, 0.4) is 0 Å². The summed E-state index contributed by atoms with van der Waals surface area (Å²) in [6, 6.07) is 4.21. The van der Waals surface area contributed by atoms with E-state index in [1.807, 2.05) is 4.90 Å². The van der Waals surface area contributed by atoms with Crippen molar-refractivity contribution in [2.45, 2.75) is 25.1 Å². The summed E-state index contributed by atoms with van der Waals surface area (Å²) in [5, 5.41) is 5.39. The van der Waals surface area contributed by atoms with E-state index in [-0.39, 0.29) is 18.1 Å².